The lowest BCUT2D eigenvalue weighted by molar-refractivity contribution is -0.119. The zero-order chi connectivity index (χ0) is 15.1. The van der Waals surface area contributed by atoms with Gasteiger partial charge in [-0.2, -0.15) is 0 Å². The average molecular weight is 292 g/mol. The Kier molecular flexibility index (Phi) is 2.96. The molecule has 110 valence electrons. The van der Waals surface area contributed by atoms with Gasteiger partial charge in [-0.1, -0.05) is 24.3 Å². The molecule has 0 spiro atoms. The van der Waals surface area contributed by atoms with E-state index in [0.717, 1.165) is 29.6 Å². The Bertz CT molecular complexity index is 841. The maximum Gasteiger partial charge on any atom is 0.228 e. The first kappa shape index (κ1) is 13.1. The van der Waals surface area contributed by atoms with E-state index < -0.39 is 0 Å². The van der Waals surface area contributed by atoms with Gasteiger partial charge in [0.1, 0.15) is 5.52 Å². The van der Waals surface area contributed by atoms with E-state index >= 15 is 0 Å². The molecule has 4 nitrogen and oxygen atoms in total. The Morgan fingerprint density at radius 1 is 1.18 bits per heavy atom. The first-order valence-corrected chi connectivity index (χ1v) is 7.44. The summed E-state index contributed by atoms with van der Waals surface area (Å²) in [5.74, 6) is 0.702. The number of carbonyl (C=O) groups excluding carboxylic acids is 1. The number of aryl methyl sites for hydroxylation is 1. The molecular weight excluding hydrogens is 276 g/mol. The van der Waals surface area contributed by atoms with E-state index in [1.807, 2.05) is 37.3 Å². The van der Waals surface area contributed by atoms with Gasteiger partial charge in [0, 0.05) is 18.5 Å². The number of nitrogens with zero attached hydrogens (tertiary/aromatic N) is 1. The summed E-state index contributed by atoms with van der Waals surface area (Å²) in [4.78, 5) is 16.8. The summed E-state index contributed by atoms with van der Waals surface area (Å²) in [5, 5.41) is 3.00. The van der Waals surface area contributed by atoms with Gasteiger partial charge in [0.25, 0.3) is 0 Å². The number of nitrogens with one attached hydrogen (secondary N) is 1. The maximum atomic E-state index is 12.5. The summed E-state index contributed by atoms with van der Waals surface area (Å²) in [7, 11) is 0. The fraction of sp³-hybridized carbons (Fsp3) is 0.222. The van der Waals surface area contributed by atoms with Crippen molar-refractivity contribution in [2.45, 2.75) is 19.8 Å². The number of hydrogen-bond acceptors (Lipinski definition) is 3. The molecule has 4 rings (SSSR count). The van der Waals surface area contributed by atoms with Gasteiger partial charge in [-0.15, -0.1) is 0 Å². The number of anilines is 1. The van der Waals surface area contributed by atoms with Crippen molar-refractivity contribution in [3.63, 3.8) is 0 Å². The van der Waals surface area contributed by atoms with E-state index in [1.165, 1.54) is 11.1 Å². The molecule has 1 heterocycles. The van der Waals surface area contributed by atoms with Crippen LogP contribution in [0, 0.1) is 12.8 Å². The molecule has 0 unspecified atom stereocenters. The highest BCUT2D eigenvalue weighted by atomic mass is 16.3. The van der Waals surface area contributed by atoms with Gasteiger partial charge in [0.2, 0.25) is 5.91 Å². The largest absolute Gasteiger partial charge is 0.441 e. The predicted octanol–water partition coefficient (Wildman–Crippen LogP) is 3.49. The van der Waals surface area contributed by atoms with Crippen LogP contribution >= 0.6 is 0 Å². The van der Waals surface area contributed by atoms with Crippen molar-refractivity contribution in [2.75, 3.05) is 5.32 Å². The third kappa shape index (κ3) is 2.26. The monoisotopic (exact) mass is 292 g/mol. The standard InChI is InChI=1S/C18H16N2O2/c1-11-19-16-10-15(6-7-17(16)22-11)20-18(21)14-8-12-4-2-3-5-13(12)9-14/h2-7,10,14H,8-9H2,1H3,(H,20,21). The van der Waals surface area contributed by atoms with Gasteiger partial charge in [0.15, 0.2) is 11.5 Å². The van der Waals surface area contributed by atoms with Gasteiger partial charge in [-0.25, -0.2) is 4.98 Å². The fourth-order valence-electron chi connectivity index (χ4n) is 3.11. The molecule has 0 bridgehead atoms. The predicted molar refractivity (Wildman–Crippen MR) is 84.7 cm³/mol. The van der Waals surface area contributed by atoms with Gasteiger partial charge in [-0.3, -0.25) is 4.79 Å². The van der Waals surface area contributed by atoms with Crippen molar-refractivity contribution < 1.29 is 9.21 Å². The minimum atomic E-state index is 0.00661. The molecule has 0 saturated carbocycles. The molecule has 0 fully saturated rings. The number of carbonyl (C=O) groups is 1. The van der Waals surface area contributed by atoms with Gasteiger partial charge < -0.3 is 9.73 Å². The van der Waals surface area contributed by atoms with Crippen LogP contribution in [-0.2, 0) is 17.6 Å². The lowest BCUT2D eigenvalue weighted by Crippen LogP contribution is -2.23. The molecule has 4 heteroatoms. The molecule has 0 atom stereocenters. The molecular formula is C18H16N2O2. The zero-order valence-electron chi connectivity index (χ0n) is 12.3. The SMILES string of the molecule is Cc1nc2cc(NC(=O)C3Cc4ccccc4C3)ccc2o1. The first-order chi connectivity index (χ1) is 10.7. The lowest BCUT2D eigenvalue weighted by Gasteiger charge is -2.10. The molecule has 2 aromatic carbocycles. The van der Waals surface area contributed by atoms with Gasteiger partial charge in [-0.05, 0) is 42.2 Å². The average Bonchev–Trinajstić information content (AvgIpc) is 3.08. The van der Waals surface area contributed by atoms with Crippen molar-refractivity contribution in [1.29, 1.82) is 0 Å². The van der Waals surface area contributed by atoms with Crippen LogP contribution in [0.15, 0.2) is 46.9 Å². The fourth-order valence-corrected chi connectivity index (χ4v) is 3.11. The van der Waals surface area contributed by atoms with Gasteiger partial charge >= 0.3 is 0 Å². The minimum absolute atomic E-state index is 0.00661. The molecule has 0 aliphatic heterocycles. The quantitative estimate of drug-likeness (QED) is 0.786. The highest BCUT2D eigenvalue weighted by molar-refractivity contribution is 5.95. The number of aromatic nitrogens is 1. The molecule has 3 aromatic rings. The smallest absolute Gasteiger partial charge is 0.228 e. The zero-order valence-corrected chi connectivity index (χ0v) is 12.3. The summed E-state index contributed by atoms with van der Waals surface area (Å²) in [6, 6.07) is 13.8. The van der Waals surface area contributed by atoms with Crippen LogP contribution in [0.2, 0.25) is 0 Å². The van der Waals surface area contributed by atoms with Gasteiger partial charge in [0.05, 0.1) is 0 Å². The van der Waals surface area contributed by atoms with Crippen molar-refractivity contribution >= 4 is 22.7 Å². The Morgan fingerprint density at radius 3 is 2.64 bits per heavy atom. The first-order valence-electron chi connectivity index (χ1n) is 7.44. The summed E-state index contributed by atoms with van der Waals surface area (Å²) >= 11 is 0. The number of oxazole rings is 1. The van der Waals surface area contributed by atoms with Crippen LogP contribution in [0.25, 0.3) is 11.1 Å². The van der Waals surface area contributed by atoms with Crippen LogP contribution in [0.4, 0.5) is 5.69 Å². The normalized spacial score (nSPS) is 14.2. The van der Waals surface area contributed by atoms with Crippen molar-refractivity contribution in [3.05, 3.63) is 59.5 Å². The summed E-state index contributed by atoms with van der Waals surface area (Å²) in [6.07, 6.45) is 1.63. The molecule has 1 N–H and O–H groups in total. The third-order valence-corrected chi connectivity index (χ3v) is 4.18. The van der Waals surface area contributed by atoms with Crippen LogP contribution < -0.4 is 5.32 Å². The molecule has 1 amide bonds. The summed E-state index contributed by atoms with van der Waals surface area (Å²) in [6.45, 7) is 1.81. The number of rotatable bonds is 2. The Hall–Kier alpha value is -2.62. The van der Waals surface area contributed by atoms with E-state index in [1.54, 1.807) is 0 Å². The van der Waals surface area contributed by atoms with Crippen LogP contribution in [0.5, 0.6) is 0 Å². The summed E-state index contributed by atoms with van der Waals surface area (Å²) < 4.78 is 5.45. The molecule has 0 saturated heterocycles. The van der Waals surface area contributed by atoms with E-state index in [0.29, 0.717) is 5.89 Å². The maximum absolute atomic E-state index is 12.5. The Labute approximate surface area is 128 Å². The van der Waals surface area contributed by atoms with E-state index in [-0.39, 0.29) is 11.8 Å². The molecule has 22 heavy (non-hydrogen) atoms. The molecule has 1 aliphatic rings. The summed E-state index contributed by atoms with van der Waals surface area (Å²) in [5.41, 5.74) is 4.84. The van der Waals surface area contributed by atoms with Crippen molar-refractivity contribution in [1.82, 2.24) is 4.98 Å². The molecule has 1 aliphatic carbocycles. The van der Waals surface area contributed by atoms with E-state index in [9.17, 15) is 4.79 Å². The highest BCUT2D eigenvalue weighted by Crippen LogP contribution is 2.28. The molecule has 0 radical (unpaired) electrons. The molecule has 1 aromatic heterocycles. The second kappa shape index (κ2) is 4.98. The highest BCUT2D eigenvalue weighted by Gasteiger charge is 2.27. The van der Waals surface area contributed by atoms with Crippen LogP contribution in [0.3, 0.4) is 0 Å². The third-order valence-electron chi connectivity index (χ3n) is 4.18. The Morgan fingerprint density at radius 2 is 1.91 bits per heavy atom. The lowest BCUT2D eigenvalue weighted by atomic mass is 10.1. The second-order valence-electron chi connectivity index (χ2n) is 5.78. The van der Waals surface area contributed by atoms with Crippen LogP contribution in [-0.4, -0.2) is 10.9 Å². The van der Waals surface area contributed by atoms with Crippen LogP contribution in [0.1, 0.15) is 17.0 Å². The number of amides is 1. The topological polar surface area (TPSA) is 55.1 Å². The number of benzene rings is 2. The van der Waals surface area contributed by atoms with Crippen molar-refractivity contribution in [3.8, 4) is 0 Å². The van der Waals surface area contributed by atoms with E-state index in [2.05, 4.69) is 22.4 Å². The number of fused-ring (bicyclic) bond motifs is 2. The number of hydrogen-bond donors (Lipinski definition) is 1. The second-order valence-corrected chi connectivity index (χ2v) is 5.78. The Balaban J connectivity index is 1.52. The van der Waals surface area contributed by atoms with E-state index in [4.69, 9.17) is 4.42 Å². The van der Waals surface area contributed by atoms with Crippen molar-refractivity contribution in [2.24, 2.45) is 5.92 Å². The minimum Gasteiger partial charge on any atom is -0.441 e.